The van der Waals surface area contributed by atoms with E-state index in [0.717, 1.165) is 24.4 Å². The van der Waals surface area contributed by atoms with E-state index >= 15 is 0 Å². The highest BCUT2D eigenvalue weighted by atomic mass is 16.5. The molecule has 6 heteroatoms. The summed E-state index contributed by atoms with van der Waals surface area (Å²) in [5, 5.41) is 0. The van der Waals surface area contributed by atoms with Crippen molar-refractivity contribution in [2.75, 3.05) is 32.3 Å². The van der Waals surface area contributed by atoms with Gasteiger partial charge in [-0.1, -0.05) is 11.6 Å². The Morgan fingerprint density at radius 1 is 1.19 bits per heavy atom. The zero-order valence-electron chi connectivity index (χ0n) is 18.0. The number of carbonyl (C=O) groups excluding carboxylic acids is 1. The van der Waals surface area contributed by atoms with Gasteiger partial charge >= 0.3 is 0 Å². The highest BCUT2D eigenvalue weighted by Gasteiger charge is 2.75. The molecule has 1 amide bonds. The fraction of sp³-hybridized carbons (Fsp3) is 0.640. The molecule has 31 heavy (non-hydrogen) atoms. The third kappa shape index (κ3) is 1.74. The van der Waals surface area contributed by atoms with E-state index in [0.29, 0.717) is 48.6 Å². The summed E-state index contributed by atoms with van der Waals surface area (Å²) in [6, 6.07) is 5.76. The lowest BCUT2D eigenvalue weighted by atomic mass is 9.48. The third-order valence-corrected chi connectivity index (χ3v) is 10.1. The molecule has 5 heterocycles. The van der Waals surface area contributed by atoms with Gasteiger partial charge in [0.15, 0.2) is 11.5 Å². The van der Waals surface area contributed by atoms with E-state index in [1.54, 1.807) is 19.8 Å². The maximum Gasteiger partial charge on any atom is 0.229 e. The first-order chi connectivity index (χ1) is 15.2. The van der Waals surface area contributed by atoms with E-state index in [1.165, 1.54) is 18.4 Å². The van der Waals surface area contributed by atoms with Crippen LogP contribution >= 0.6 is 0 Å². The molecule has 1 spiro atoms. The van der Waals surface area contributed by atoms with Gasteiger partial charge in [0.2, 0.25) is 5.91 Å². The number of ether oxygens (including phenoxy) is 3. The van der Waals surface area contributed by atoms with Gasteiger partial charge in [0, 0.05) is 41.9 Å². The van der Waals surface area contributed by atoms with Gasteiger partial charge in [-0.25, -0.2) is 0 Å². The molecule has 1 aromatic rings. The summed E-state index contributed by atoms with van der Waals surface area (Å²) >= 11 is 0. The minimum absolute atomic E-state index is 0.00342. The quantitative estimate of drug-likeness (QED) is 0.688. The van der Waals surface area contributed by atoms with Crippen LogP contribution in [-0.4, -0.2) is 62.4 Å². The van der Waals surface area contributed by atoms with Crippen LogP contribution in [0.2, 0.25) is 0 Å². The van der Waals surface area contributed by atoms with E-state index < -0.39 is 0 Å². The van der Waals surface area contributed by atoms with Crippen LogP contribution in [-0.2, 0) is 14.9 Å². The Bertz CT molecular complexity index is 1070. The van der Waals surface area contributed by atoms with Gasteiger partial charge in [0.25, 0.3) is 0 Å². The monoisotopic (exact) mass is 420 g/mol. The number of nitrogens with zero attached hydrogens (tertiary/aromatic N) is 2. The number of anilines is 1. The van der Waals surface area contributed by atoms with Crippen molar-refractivity contribution in [3.8, 4) is 11.5 Å². The van der Waals surface area contributed by atoms with Crippen LogP contribution < -0.4 is 14.4 Å². The van der Waals surface area contributed by atoms with Crippen LogP contribution in [0.15, 0.2) is 23.8 Å². The van der Waals surface area contributed by atoms with Gasteiger partial charge in [-0.05, 0) is 36.8 Å². The van der Waals surface area contributed by atoms with Crippen LogP contribution in [0.5, 0.6) is 11.5 Å². The Labute approximate surface area is 182 Å². The van der Waals surface area contributed by atoms with E-state index in [4.69, 9.17) is 14.2 Å². The molecule has 2 aliphatic carbocycles. The largest absolute Gasteiger partial charge is 0.493 e. The fourth-order valence-corrected chi connectivity index (χ4v) is 9.31. The molecular weight excluding hydrogens is 392 g/mol. The average Bonchev–Trinajstić information content (AvgIpc) is 3.36. The Morgan fingerprint density at radius 2 is 2.03 bits per heavy atom. The van der Waals surface area contributed by atoms with Gasteiger partial charge in [0.05, 0.1) is 45.1 Å². The van der Waals surface area contributed by atoms with Crippen molar-refractivity contribution >= 4 is 11.6 Å². The highest BCUT2D eigenvalue weighted by molar-refractivity contribution is 5.99. The molecule has 0 aromatic heterocycles. The molecule has 0 unspecified atom stereocenters. The molecule has 5 aliphatic heterocycles. The molecule has 6 nitrogen and oxygen atoms in total. The molecule has 0 radical (unpaired) electrons. The van der Waals surface area contributed by atoms with Crippen LogP contribution in [0.3, 0.4) is 0 Å². The van der Waals surface area contributed by atoms with Gasteiger partial charge in [-0.2, -0.15) is 0 Å². The maximum absolute atomic E-state index is 13.6. The number of carbonyl (C=O) groups is 1. The summed E-state index contributed by atoms with van der Waals surface area (Å²) in [6.45, 7) is 1.77. The number of amides is 1. The minimum atomic E-state index is 0.00342. The lowest BCUT2D eigenvalue weighted by Gasteiger charge is -2.58. The highest BCUT2D eigenvalue weighted by Crippen LogP contribution is 2.71. The van der Waals surface area contributed by atoms with Crippen LogP contribution in [0.25, 0.3) is 0 Å². The number of hydrogen-bond acceptors (Lipinski definition) is 5. The summed E-state index contributed by atoms with van der Waals surface area (Å²) in [7, 11) is 3.39. The van der Waals surface area contributed by atoms with Crippen molar-refractivity contribution in [3.63, 3.8) is 0 Å². The zero-order chi connectivity index (χ0) is 20.6. The first kappa shape index (κ1) is 17.5. The lowest BCUT2D eigenvalue weighted by Crippen LogP contribution is -2.68. The second-order valence-electron chi connectivity index (χ2n) is 10.6. The summed E-state index contributed by atoms with van der Waals surface area (Å²) < 4.78 is 17.8. The number of hydrogen-bond donors (Lipinski definition) is 0. The summed E-state index contributed by atoms with van der Waals surface area (Å²) in [5.74, 6) is 3.21. The van der Waals surface area contributed by atoms with E-state index in [9.17, 15) is 4.79 Å². The van der Waals surface area contributed by atoms with E-state index in [1.807, 2.05) is 0 Å². The molecule has 8 atom stereocenters. The number of rotatable bonds is 2. The maximum atomic E-state index is 13.6. The second-order valence-corrected chi connectivity index (χ2v) is 10.6. The predicted octanol–water partition coefficient (Wildman–Crippen LogP) is 2.50. The first-order valence-electron chi connectivity index (χ1n) is 11.8. The standard InChI is InChI=1S/C25H28N2O4/c1-29-17-8-14-16(9-18(17)30-2)27-20(28)10-19-22-21-12(4-6-31-19)11-26-13-3-5-25(14,24(22)27)15(7-13)23(21)26/h4,8-9,13,15,19,21-24H,3,5-7,10-11H2,1-2H3/t13-,15-,19-,21+,22-,23+,24+,25+/m1/s1. The Balaban J connectivity index is 1.44. The molecule has 1 aromatic carbocycles. The van der Waals surface area contributed by atoms with Crippen LogP contribution in [0.1, 0.15) is 31.2 Å². The Kier molecular flexibility index (Phi) is 3.08. The molecule has 2 bridgehead atoms. The van der Waals surface area contributed by atoms with Crippen molar-refractivity contribution in [3.05, 3.63) is 29.3 Å². The smallest absolute Gasteiger partial charge is 0.229 e. The van der Waals surface area contributed by atoms with Crippen molar-refractivity contribution in [1.29, 1.82) is 0 Å². The van der Waals surface area contributed by atoms with Gasteiger partial charge in [0.1, 0.15) is 0 Å². The summed E-state index contributed by atoms with van der Waals surface area (Å²) in [4.78, 5) is 18.7. The van der Waals surface area contributed by atoms with Crippen molar-refractivity contribution in [1.82, 2.24) is 4.90 Å². The fourth-order valence-electron chi connectivity index (χ4n) is 9.31. The van der Waals surface area contributed by atoms with Crippen molar-refractivity contribution in [2.24, 2.45) is 17.8 Å². The molecule has 162 valence electrons. The minimum Gasteiger partial charge on any atom is -0.493 e. The lowest BCUT2D eigenvalue weighted by molar-refractivity contribution is -0.133. The SMILES string of the molecule is COc1cc2c(cc1OC)[C@@]13CC[C@@H]4C[C@@H]1[C@H]1[C@H]5C(=CCO[C@@H]6CC(=O)N2[C@H]3[C@@H]56)CN41. The third-order valence-electron chi connectivity index (χ3n) is 10.1. The molecular formula is C25H28N2O4. The Hall–Kier alpha value is -2.05. The normalized spacial score (nSPS) is 45.4. The van der Waals surface area contributed by atoms with E-state index in [2.05, 4.69) is 28.0 Å². The van der Waals surface area contributed by atoms with E-state index in [-0.39, 0.29) is 23.5 Å². The predicted molar refractivity (Wildman–Crippen MR) is 114 cm³/mol. The molecule has 0 N–H and O–H groups in total. The molecule has 2 saturated carbocycles. The molecule has 3 saturated heterocycles. The van der Waals surface area contributed by atoms with Gasteiger partial charge < -0.3 is 19.1 Å². The van der Waals surface area contributed by atoms with Crippen LogP contribution in [0, 0.1) is 17.8 Å². The topological polar surface area (TPSA) is 51.2 Å². The number of fused-ring (bicyclic) bond motifs is 4. The average molecular weight is 421 g/mol. The Morgan fingerprint density at radius 3 is 2.87 bits per heavy atom. The number of benzene rings is 1. The first-order valence-corrected chi connectivity index (χ1v) is 11.8. The van der Waals surface area contributed by atoms with Crippen molar-refractivity contribution in [2.45, 2.75) is 55.3 Å². The molecule has 5 fully saturated rings. The van der Waals surface area contributed by atoms with Gasteiger partial charge in [-0.3, -0.25) is 9.69 Å². The number of methoxy groups -OCH3 is 2. The van der Waals surface area contributed by atoms with Crippen LogP contribution in [0.4, 0.5) is 5.69 Å². The summed E-state index contributed by atoms with van der Waals surface area (Å²) in [5.41, 5.74) is 3.99. The summed E-state index contributed by atoms with van der Waals surface area (Å²) in [6.07, 6.45) is 6.51. The van der Waals surface area contributed by atoms with Gasteiger partial charge in [-0.15, -0.1) is 0 Å². The molecule has 7 aliphatic rings. The van der Waals surface area contributed by atoms with Crippen molar-refractivity contribution < 1.29 is 19.0 Å². The second kappa shape index (κ2) is 5.46. The zero-order valence-corrected chi connectivity index (χ0v) is 18.0. The number of piperidine rings is 1. The molecule has 8 rings (SSSR count).